The Morgan fingerprint density at radius 1 is 1.12 bits per heavy atom. The highest BCUT2D eigenvalue weighted by Crippen LogP contribution is 2.42. The quantitative estimate of drug-likeness (QED) is 0.0546. The lowest BCUT2D eigenvalue weighted by molar-refractivity contribution is -0.151. The Morgan fingerprint density at radius 3 is 2.47 bits per heavy atom. The van der Waals surface area contributed by atoms with Gasteiger partial charge in [-0.3, -0.25) is 24.1 Å². The first-order valence-electron chi connectivity index (χ1n) is 16.1. The molecule has 0 unspecified atom stereocenters. The largest absolute Gasteiger partial charge is 0.478 e. The van der Waals surface area contributed by atoms with Crippen molar-refractivity contribution in [2.45, 2.75) is 38.3 Å². The van der Waals surface area contributed by atoms with E-state index >= 15 is 0 Å². The molecule has 57 heavy (non-hydrogen) atoms. The van der Waals surface area contributed by atoms with Crippen molar-refractivity contribution >= 4 is 93.2 Å². The number of hydrogen-bond donors (Lipinski definition) is 6. The van der Waals surface area contributed by atoms with E-state index in [2.05, 4.69) is 26.0 Å². The molecule has 0 spiro atoms. The van der Waals surface area contributed by atoms with Gasteiger partial charge in [0.05, 0.1) is 11.2 Å². The highest BCUT2D eigenvalue weighted by Gasteiger charge is 2.54. The number of anilines is 1. The summed E-state index contributed by atoms with van der Waals surface area (Å²) >= 11 is 3.30. The molecule has 0 bridgehead atoms. The number of carboxylic acid groups (broad SMARTS) is 3. The Balaban J connectivity index is 1.20. The Morgan fingerprint density at radius 2 is 1.84 bits per heavy atom. The topological polar surface area (TPSA) is 305 Å². The number of nitrogen functional groups attached to an aromatic ring is 1. The molecule has 1 fully saturated rings. The van der Waals surface area contributed by atoms with Crippen molar-refractivity contribution in [1.29, 1.82) is 0 Å². The number of β-lactam (4-membered cyclic amide) rings is 1. The number of carbonyl (C=O) groups excluding carboxylic acids is 4. The minimum atomic E-state index is -1.92. The van der Waals surface area contributed by atoms with Gasteiger partial charge in [-0.25, -0.2) is 29.4 Å². The van der Waals surface area contributed by atoms with Gasteiger partial charge in [0.25, 0.3) is 11.8 Å². The summed E-state index contributed by atoms with van der Waals surface area (Å²) in [4.78, 5) is 102. The molecule has 3 amide bonds. The van der Waals surface area contributed by atoms with Crippen LogP contribution in [0.1, 0.15) is 38.1 Å². The third-order valence-electron chi connectivity index (χ3n) is 7.89. The van der Waals surface area contributed by atoms with Crippen LogP contribution in [0.25, 0.3) is 0 Å². The average Bonchev–Trinajstić information content (AvgIpc) is 3.77. The standard InChI is InChI=1S/C32H29N9O13S3/c1-12-6-21(41-20(34-12)8-39(38-41)32(50)51)55-9-16-10-56-28-23(27(45)40(28)24(16)29(46)47)36-26(44)22(17-11-57-31(33)35-17)37-54-25(30(48)49)15-4-5-18(52-13(2)42)19(7-15)53-14(3)43/h4-8,11,23,25,28,38H,9-10H2,1-3H3,(H2,33,35)(H,36,44)(H,46,47)(H,48,49)(H,50,51)/b37-22-/t23-,25-,28-/m1/s1. The SMILES string of the molecule is CC(=O)Oc1ccc([C@@H](O/N=C(\C(=O)N[C@@H]2C(=O)N3C(C(=O)O)=C(CSC4=CC(C)=NC5=CN(C(=O)O)NN54)CS[C@H]23)c2csc(N)n2)C(=O)O)cc1OC(C)=O. The van der Waals surface area contributed by atoms with Gasteiger partial charge in [0, 0.05) is 42.0 Å². The van der Waals surface area contributed by atoms with Crippen LogP contribution in [0.5, 0.6) is 11.5 Å². The molecular formula is C32H29N9O13S3. The van der Waals surface area contributed by atoms with Crippen molar-refractivity contribution in [1.82, 2.24) is 30.8 Å². The molecule has 25 heteroatoms. The number of fused-ring (bicyclic) bond motifs is 2. The minimum Gasteiger partial charge on any atom is -0.478 e. The number of benzene rings is 1. The zero-order valence-corrected chi connectivity index (χ0v) is 32.0. The van der Waals surface area contributed by atoms with Crippen molar-refractivity contribution in [3.05, 3.63) is 69.2 Å². The Bertz CT molecular complexity index is 2270. The summed E-state index contributed by atoms with van der Waals surface area (Å²) in [6.07, 6.45) is -0.232. The van der Waals surface area contributed by atoms with Gasteiger partial charge in [0.15, 0.2) is 28.2 Å². The first kappa shape index (κ1) is 40.2. The molecule has 3 atom stereocenters. The second kappa shape index (κ2) is 16.3. The number of carbonyl (C=O) groups is 7. The molecule has 0 saturated carbocycles. The summed E-state index contributed by atoms with van der Waals surface area (Å²) in [6.45, 7) is 3.89. The maximum absolute atomic E-state index is 13.7. The third-order valence-corrected chi connectivity index (χ3v) is 11.0. The maximum atomic E-state index is 13.7. The fraction of sp³-hybridized carbons (Fsp3) is 0.250. The molecule has 6 rings (SSSR count). The van der Waals surface area contributed by atoms with Crippen molar-refractivity contribution in [2.24, 2.45) is 10.1 Å². The van der Waals surface area contributed by atoms with E-state index in [0.29, 0.717) is 22.1 Å². The number of rotatable bonds is 13. The predicted molar refractivity (Wildman–Crippen MR) is 200 cm³/mol. The first-order valence-corrected chi connectivity index (χ1v) is 19.0. The Labute approximate surface area is 332 Å². The molecule has 2 aromatic rings. The molecular weight excluding hydrogens is 815 g/mol. The second-order valence-corrected chi connectivity index (χ2v) is 14.9. The number of ether oxygens (including phenoxy) is 2. The average molecular weight is 844 g/mol. The van der Waals surface area contributed by atoms with Gasteiger partial charge in [0.1, 0.15) is 22.8 Å². The van der Waals surface area contributed by atoms with Crippen molar-refractivity contribution in [3.63, 3.8) is 0 Å². The van der Waals surface area contributed by atoms with Crippen LogP contribution in [-0.2, 0) is 33.6 Å². The number of esters is 2. The number of aromatic nitrogens is 1. The second-order valence-electron chi connectivity index (χ2n) is 11.9. The molecule has 0 radical (unpaired) electrons. The normalized spacial score (nSPS) is 19.3. The number of amides is 3. The fourth-order valence-electron chi connectivity index (χ4n) is 5.54. The summed E-state index contributed by atoms with van der Waals surface area (Å²) in [5, 5.41) is 39.2. The van der Waals surface area contributed by atoms with Crippen LogP contribution < -0.4 is 26.1 Å². The van der Waals surface area contributed by atoms with Crippen molar-refractivity contribution < 1.29 is 63.2 Å². The molecule has 1 aromatic heterocycles. The Hall–Kier alpha value is -6.44. The van der Waals surface area contributed by atoms with Crippen molar-refractivity contribution in [2.75, 3.05) is 17.2 Å². The molecule has 0 aliphatic carbocycles. The van der Waals surface area contributed by atoms with Crippen molar-refractivity contribution in [3.8, 4) is 11.5 Å². The lowest BCUT2D eigenvalue weighted by Crippen LogP contribution is -2.71. The van der Waals surface area contributed by atoms with Gasteiger partial charge in [0.2, 0.25) is 6.10 Å². The number of thiazole rings is 1. The monoisotopic (exact) mass is 843 g/mol. The van der Waals surface area contributed by atoms with E-state index in [1.165, 1.54) is 52.2 Å². The molecule has 22 nitrogen and oxygen atoms in total. The zero-order valence-electron chi connectivity index (χ0n) is 29.5. The summed E-state index contributed by atoms with van der Waals surface area (Å²) < 4.78 is 10.1. The zero-order chi connectivity index (χ0) is 41.3. The van der Waals surface area contributed by atoms with E-state index in [0.717, 1.165) is 41.2 Å². The van der Waals surface area contributed by atoms with Crippen LogP contribution >= 0.6 is 34.9 Å². The highest BCUT2D eigenvalue weighted by atomic mass is 32.2. The molecule has 7 N–H and O–H groups in total. The third kappa shape index (κ3) is 8.54. The van der Waals surface area contributed by atoms with E-state index in [1.54, 1.807) is 13.0 Å². The molecule has 4 aliphatic heterocycles. The van der Waals surface area contributed by atoms with E-state index in [-0.39, 0.29) is 45.1 Å². The van der Waals surface area contributed by atoms with Gasteiger partial charge < -0.3 is 40.7 Å². The Kier molecular flexibility index (Phi) is 11.5. The highest BCUT2D eigenvalue weighted by molar-refractivity contribution is 8.03. The first-order chi connectivity index (χ1) is 27.0. The smallest absolute Gasteiger partial charge is 0.427 e. The van der Waals surface area contributed by atoms with Gasteiger partial charge in [-0.15, -0.1) is 40.4 Å². The van der Waals surface area contributed by atoms with Gasteiger partial charge >= 0.3 is 30.0 Å². The number of nitrogens with one attached hydrogen (secondary N) is 2. The van der Waals surface area contributed by atoms with E-state index in [4.69, 9.17) is 20.0 Å². The number of hydrogen-bond acceptors (Lipinski definition) is 19. The lowest BCUT2D eigenvalue weighted by Gasteiger charge is -2.49. The van der Waals surface area contributed by atoms with Crippen LogP contribution in [0, 0.1) is 0 Å². The number of hydrazine groups is 2. The van der Waals surface area contributed by atoms with Crippen LogP contribution in [-0.4, -0.2) is 111 Å². The lowest BCUT2D eigenvalue weighted by atomic mass is 10.0. The van der Waals surface area contributed by atoms with E-state index < -0.39 is 65.0 Å². The number of oxime groups is 1. The summed E-state index contributed by atoms with van der Waals surface area (Å²) in [7, 11) is 0. The van der Waals surface area contributed by atoms with E-state index in [1.807, 2.05) is 0 Å². The molecule has 1 aromatic carbocycles. The van der Waals surface area contributed by atoms with E-state index in [9.17, 15) is 48.9 Å². The molecule has 4 aliphatic rings. The van der Waals surface area contributed by atoms with Crippen LogP contribution in [0.2, 0.25) is 0 Å². The number of aliphatic imine (C=N–C) groups is 1. The fourth-order valence-corrected chi connectivity index (χ4v) is 8.65. The summed E-state index contributed by atoms with van der Waals surface area (Å²) in [5.41, 5.74) is 8.28. The number of nitrogens with two attached hydrogens (primary N) is 1. The summed E-state index contributed by atoms with van der Waals surface area (Å²) in [5.74, 6) is -6.25. The van der Waals surface area contributed by atoms with Crippen LogP contribution in [0.15, 0.2) is 68.1 Å². The van der Waals surface area contributed by atoms with Crippen LogP contribution in [0.4, 0.5) is 9.93 Å². The number of allylic oxidation sites excluding steroid dienone is 1. The van der Waals surface area contributed by atoms with Gasteiger partial charge in [-0.2, -0.15) is 5.01 Å². The van der Waals surface area contributed by atoms with Gasteiger partial charge in [-0.05, 0) is 30.7 Å². The molecule has 1 saturated heterocycles. The minimum absolute atomic E-state index is 0.0149. The maximum Gasteiger partial charge on any atom is 0.427 e. The van der Waals surface area contributed by atoms with Gasteiger partial charge in [-0.1, -0.05) is 11.2 Å². The number of carboxylic acids is 2. The summed E-state index contributed by atoms with van der Waals surface area (Å²) in [6, 6.07) is 2.20. The number of thioether (sulfide) groups is 2. The molecule has 298 valence electrons. The molecule has 5 heterocycles. The van der Waals surface area contributed by atoms with Crippen LogP contribution in [0.3, 0.4) is 0 Å². The number of aliphatic carboxylic acids is 2. The number of nitrogens with zero attached hydrogens (tertiary/aromatic N) is 6. The predicted octanol–water partition coefficient (Wildman–Crippen LogP) is 1.42.